The van der Waals surface area contributed by atoms with E-state index in [1.807, 2.05) is 35.7 Å². The Morgan fingerprint density at radius 1 is 1.35 bits per heavy atom. The normalized spacial score (nSPS) is 22.9. The van der Waals surface area contributed by atoms with Gasteiger partial charge in [0.2, 0.25) is 0 Å². The summed E-state index contributed by atoms with van der Waals surface area (Å²) in [5.41, 5.74) is 0.868. The number of hydrogen-bond donors (Lipinski definition) is 1. The summed E-state index contributed by atoms with van der Waals surface area (Å²) in [5, 5.41) is 12.2. The fourth-order valence-electron chi connectivity index (χ4n) is 2.07. The predicted molar refractivity (Wildman–Crippen MR) is 71.4 cm³/mol. The van der Waals surface area contributed by atoms with Crippen LogP contribution in [0.15, 0.2) is 40.2 Å². The maximum absolute atomic E-state index is 10.2. The van der Waals surface area contributed by atoms with Crippen LogP contribution in [0, 0.1) is 0 Å². The van der Waals surface area contributed by atoms with Crippen molar-refractivity contribution in [1.29, 1.82) is 0 Å². The average Bonchev–Trinajstić information content (AvgIpc) is 2.83. The number of fused-ring (bicyclic) bond motifs is 1. The Kier molecular flexibility index (Phi) is 2.94. The minimum absolute atomic E-state index is 0.0290. The fraction of sp³-hybridized carbons (Fsp3) is 0.231. The molecule has 2 heterocycles. The predicted octanol–water partition coefficient (Wildman–Crippen LogP) is 4.07. The van der Waals surface area contributed by atoms with Crippen LogP contribution in [-0.2, 0) is 0 Å². The second-order valence-electron chi connectivity index (χ2n) is 4.06. The van der Waals surface area contributed by atoms with E-state index in [2.05, 4.69) is 15.9 Å². The van der Waals surface area contributed by atoms with Gasteiger partial charge in [-0.05, 0) is 29.6 Å². The van der Waals surface area contributed by atoms with Crippen molar-refractivity contribution in [1.82, 2.24) is 0 Å². The molecule has 0 saturated heterocycles. The van der Waals surface area contributed by atoms with Gasteiger partial charge in [-0.3, -0.25) is 0 Å². The highest BCUT2D eigenvalue weighted by Crippen LogP contribution is 2.42. The van der Waals surface area contributed by atoms with Crippen molar-refractivity contribution in [3.05, 3.63) is 50.6 Å². The quantitative estimate of drug-likeness (QED) is 0.860. The van der Waals surface area contributed by atoms with E-state index in [4.69, 9.17) is 4.74 Å². The molecule has 0 fully saturated rings. The van der Waals surface area contributed by atoms with Crippen LogP contribution in [-0.4, -0.2) is 5.11 Å². The van der Waals surface area contributed by atoms with E-state index in [9.17, 15) is 5.11 Å². The molecular weight excluding hydrogens is 300 g/mol. The monoisotopic (exact) mass is 310 g/mol. The molecule has 2 atom stereocenters. The number of thiophene rings is 1. The third kappa shape index (κ3) is 2.12. The lowest BCUT2D eigenvalue weighted by atomic mass is 9.98. The molecule has 4 heteroatoms. The molecule has 0 amide bonds. The molecule has 3 rings (SSSR count). The number of hydrogen-bond acceptors (Lipinski definition) is 3. The van der Waals surface area contributed by atoms with Crippen molar-refractivity contribution in [2.24, 2.45) is 0 Å². The van der Waals surface area contributed by atoms with Crippen LogP contribution in [0.1, 0.15) is 29.1 Å². The van der Waals surface area contributed by atoms with Crippen LogP contribution >= 0.6 is 27.3 Å². The van der Waals surface area contributed by atoms with E-state index in [1.165, 1.54) is 0 Å². The Bertz CT molecular complexity index is 524. The smallest absolute Gasteiger partial charge is 0.136 e. The van der Waals surface area contributed by atoms with E-state index < -0.39 is 6.10 Å². The molecule has 0 saturated carbocycles. The molecule has 2 unspecified atom stereocenters. The molecule has 2 nitrogen and oxygen atoms in total. The zero-order valence-electron chi connectivity index (χ0n) is 8.97. The van der Waals surface area contributed by atoms with Gasteiger partial charge in [-0.2, -0.15) is 0 Å². The van der Waals surface area contributed by atoms with Crippen molar-refractivity contribution in [3.8, 4) is 5.75 Å². The second-order valence-corrected chi connectivity index (χ2v) is 5.95. The molecule has 0 aliphatic carbocycles. The lowest BCUT2D eigenvalue weighted by molar-refractivity contribution is 0.0674. The van der Waals surface area contributed by atoms with Gasteiger partial charge in [0, 0.05) is 21.3 Å². The molecule has 17 heavy (non-hydrogen) atoms. The van der Waals surface area contributed by atoms with Crippen LogP contribution in [0.4, 0.5) is 0 Å². The number of ether oxygens (including phenoxy) is 1. The summed E-state index contributed by atoms with van der Waals surface area (Å²) in [7, 11) is 0. The van der Waals surface area contributed by atoms with E-state index in [-0.39, 0.29) is 6.10 Å². The summed E-state index contributed by atoms with van der Waals surface area (Å²) in [6.07, 6.45) is 0.131. The summed E-state index contributed by atoms with van der Waals surface area (Å²) in [6, 6.07) is 9.81. The molecule has 1 aromatic carbocycles. The topological polar surface area (TPSA) is 29.5 Å². The van der Waals surface area contributed by atoms with Gasteiger partial charge >= 0.3 is 0 Å². The molecule has 0 bridgehead atoms. The van der Waals surface area contributed by atoms with E-state index in [1.54, 1.807) is 11.3 Å². The molecule has 1 aliphatic rings. The minimum Gasteiger partial charge on any atom is -0.484 e. The molecule has 0 radical (unpaired) electrons. The first kappa shape index (κ1) is 11.3. The minimum atomic E-state index is -0.455. The number of aliphatic hydroxyl groups is 1. The highest BCUT2D eigenvalue weighted by Gasteiger charge is 2.28. The summed E-state index contributed by atoms with van der Waals surface area (Å²) in [5.74, 6) is 0.783. The third-order valence-electron chi connectivity index (χ3n) is 2.90. The Balaban J connectivity index is 1.96. The second kappa shape index (κ2) is 4.44. The van der Waals surface area contributed by atoms with Crippen molar-refractivity contribution in [3.63, 3.8) is 0 Å². The summed E-state index contributed by atoms with van der Waals surface area (Å²) < 4.78 is 6.90. The average molecular weight is 311 g/mol. The molecule has 1 N–H and O–H groups in total. The summed E-state index contributed by atoms with van der Waals surface area (Å²) >= 11 is 5.07. The van der Waals surface area contributed by atoms with E-state index >= 15 is 0 Å². The molecule has 2 aromatic rings. The molecular formula is C13H11BrO2S. The molecule has 1 aliphatic heterocycles. The van der Waals surface area contributed by atoms with Gasteiger partial charge in [-0.1, -0.05) is 22.0 Å². The van der Waals surface area contributed by atoms with Crippen molar-refractivity contribution in [2.75, 3.05) is 0 Å². The highest BCUT2D eigenvalue weighted by atomic mass is 79.9. The van der Waals surface area contributed by atoms with Crippen LogP contribution in [0.25, 0.3) is 0 Å². The van der Waals surface area contributed by atoms with Gasteiger partial charge in [0.15, 0.2) is 0 Å². The van der Waals surface area contributed by atoms with Gasteiger partial charge in [0.25, 0.3) is 0 Å². The first-order valence-corrected chi connectivity index (χ1v) is 7.09. The number of halogens is 1. The van der Waals surface area contributed by atoms with Crippen LogP contribution < -0.4 is 4.74 Å². The van der Waals surface area contributed by atoms with Crippen LogP contribution in [0.2, 0.25) is 0 Å². The first-order valence-electron chi connectivity index (χ1n) is 5.41. The zero-order chi connectivity index (χ0) is 11.8. The third-order valence-corrected chi connectivity index (χ3v) is 4.36. The Morgan fingerprint density at radius 2 is 2.24 bits per heavy atom. The van der Waals surface area contributed by atoms with Gasteiger partial charge in [-0.25, -0.2) is 0 Å². The molecule has 1 aromatic heterocycles. The Morgan fingerprint density at radius 3 is 3.00 bits per heavy atom. The fourth-order valence-corrected chi connectivity index (χ4v) is 3.21. The van der Waals surface area contributed by atoms with Crippen LogP contribution in [0.5, 0.6) is 5.75 Å². The largest absolute Gasteiger partial charge is 0.484 e. The highest BCUT2D eigenvalue weighted by molar-refractivity contribution is 9.10. The molecule has 88 valence electrons. The molecule has 0 spiro atoms. The van der Waals surface area contributed by atoms with E-state index in [0.717, 1.165) is 20.7 Å². The number of benzene rings is 1. The maximum atomic E-state index is 10.2. The number of aliphatic hydroxyl groups excluding tert-OH is 1. The summed E-state index contributed by atoms with van der Waals surface area (Å²) in [4.78, 5) is 1.16. The van der Waals surface area contributed by atoms with Gasteiger partial charge in [0.1, 0.15) is 11.9 Å². The Labute approximate surface area is 112 Å². The SMILES string of the molecule is OC1CC(c2cccs2)Oc2ccc(Br)cc21. The lowest BCUT2D eigenvalue weighted by Crippen LogP contribution is -2.18. The van der Waals surface area contributed by atoms with E-state index in [0.29, 0.717) is 6.42 Å². The van der Waals surface area contributed by atoms with Crippen molar-refractivity contribution in [2.45, 2.75) is 18.6 Å². The number of rotatable bonds is 1. The summed E-state index contributed by atoms with van der Waals surface area (Å²) in [6.45, 7) is 0. The van der Waals surface area contributed by atoms with Crippen molar-refractivity contribution >= 4 is 27.3 Å². The van der Waals surface area contributed by atoms with Gasteiger partial charge < -0.3 is 9.84 Å². The standard InChI is InChI=1S/C13H11BrO2S/c14-8-3-4-11-9(6-8)10(15)7-12(16-11)13-2-1-5-17-13/h1-6,10,12,15H,7H2. The Hall–Kier alpha value is -0.840. The van der Waals surface area contributed by atoms with Crippen LogP contribution in [0.3, 0.4) is 0 Å². The lowest BCUT2D eigenvalue weighted by Gasteiger charge is -2.29. The maximum Gasteiger partial charge on any atom is 0.136 e. The van der Waals surface area contributed by atoms with Crippen molar-refractivity contribution < 1.29 is 9.84 Å². The van der Waals surface area contributed by atoms with Gasteiger partial charge in [0.05, 0.1) is 6.10 Å². The first-order chi connectivity index (χ1) is 8.24. The van der Waals surface area contributed by atoms with Gasteiger partial charge in [-0.15, -0.1) is 11.3 Å². The zero-order valence-corrected chi connectivity index (χ0v) is 11.4.